The third kappa shape index (κ3) is 4.03. The summed E-state index contributed by atoms with van der Waals surface area (Å²) in [5, 5.41) is -0.929. The monoisotopic (exact) mass is 317 g/mol. The molecule has 1 aromatic rings. The number of rotatable bonds is 4. The molecule has 0 N–H and O–H groups in total. The summed E-state index contributed by atoms with van der Waals surface area (Å²) in [6, 6.07) is 0.729. The maximum atomic E-state index is 12.7. The Morgan fingerprint density at radius 3 is 2.50 bits per heavy atom. The summed E-state index contributed by atoms with van der Waals surface area (Å²) >= 11 is 5.38. The molecule has 0 amide bonds. The highest BCUT2D eigenvalue weighted by molar-refractivity contribution is 6.31. The van der Waals surface area contributed by atoms with E-state index in [0.29, 0.717) is 0 Å². The summed E-state index contributed by atoms with van der Waals surface area (Å²) in [5.74, 6) is -0.795. The van der Waals surface area contributed by atoms with Gasteiger partial charge in [0.05, 0.1) is 23.7 Å². The second kappa shape index (κ2) is 6.34. The summed E-state index contributed by atoms with van der Waals surface area (Å²) in [6.45, 7) is 1.57. The lowest BCUT2D eigenvalue weighted by Gasteiger charge is -2.14. The smallest absolute Gasteiger partial charge is 0.419 e. The van der Waals surface area contributed by atoms with Crippen molar-refractivity contribution < 1.29 is 31.5 Å². The van der Waals surface area contributed by atoms with E-state index < -0.39 is 41.3 Å². The van der Waals surface area contributed by atoms with Crippen LogP contribution in [-0.4, -0.2) is 17.6 Å². The molecule has 1 heterocycles. The molecule has 0 radical (unpaired) electrons. The fraction of sp³-hybridized carbons (Fsp3) is 0.455. The van der Waals surface area contributed by atoms with Gasteiger partial charge >= 0.3 is 12.1 Å². The van der Waals surface area contributed by atoms with Gasteiger partial charge in [-0.1, -0.05) is 11.6 Å². The Kier molecular flexibility index (Phi) is 5.27. The summed E-state index contributed by atoms with van der Waals surface area (Å²) in [6.07, 6.45) is -9.06. The van der Waals surface area contributed by atoms with Crippen molar-refractivity contribution in [3.8, 4) is 0 Å². The average Bonchev–Trinajstić information content (AvgIpc) is 2.26. The molecule has 0 fully saturated rings. The van der Waals surface area contributed by atoms with E-state index in [1.807, 2.05) is 0 Å². The molecule has 0 aliphatic heterocycles. The topological polar surface area (TPSA) is 39.2 Å². The van der Waals surface area contributed by atoms with E-state index >= 15 is 0 Å². The van der Waals surface area contributed by atoms with Crippen molar-refractivity contribution >= 4 is 17.6 Å². The molecular formula is C11H9ClF5NO2. The van der Waals surface area contributed by atoms with Crippen LogP contribution in [0.4, 0.5) is 22.0 Å². The van der Waals surface area contributed by atoms with Crippen molar-refractivity contribution in [2.45, 2.75) is 25.9 Å². The first-order chi connectivity index (χ1) is 9.16. The van der Waals surface area contributed by atoms with Gasteiger partial charge in [-0.25, -0.2) is 8.78 Å². The van der Waals surface area contributed by atoms with Gasteiger partial charge in [0.15, 0.2) is 0 Å². The van der Waals surface area contributed by atoms with Crippen molar-refractivity contribution in [2.24, 2.45) is 0 Å². The number of alkyl halides is 5. The number of pyridine rings is 1. The van der Waals surface area contributed by atoms with Crippen LogP contribution in [0.15, 0.2) is 6.07 Å². The Labute approximate surface area is 115 Å². The van der Waals surface area contributed by atoms with Gasteiger partial charge in [0.25, 0.3) is 6.43 Å². The van der Waals surface area contributed by atoms with Crippen LogP contribution in [0.1, 0.15) is 30.3 Å². The fourth-order valence-electron chi connectivity index (χ4n) is 1.47. The van der Waals surface area contributed by atoms with Crippen molar-refractivity contribution in [1.29, 1.82) is 0 Å². The van der Waals surface area contributed by atoms with Crippen LogP contribution in [-0.2, 0) is 22.1 Å². The molecule has 0 saturated heterocycles. The molecule has 0 unspecified atom stereocenters. The Bertz CT molecular complexity index is 504. The zero-order chi connectivity index (χ0) is 15.5. The van der Waals surface area contributed by atoms with Gasteiger partial charge < -0.3 is 4.74 Å². The zero-order valence-corrected chi connectivity index (χ0v) is 10.9. The third-order valence-corrected chi connectivity index (χ3v) is 2.47. The average molecular weight is 318 g/mol. The van der Waals surface area contributed by atoms with Gasteiger partial charge in [-0.15, -0.1) is 0 Å². The largest absolute Gasteiger partial charge is 0.466 e. The third-order valence-electron chi connectivity index (χ3n) is 2.17. The molecule has 112 valence electrons. The molecule has 0 saturated carbocycles. The standard InChI is InChI=1S/C11H9ClF5NO2/c1-2-20-7(19)4-5-3-6(12)8(11(15,16)17)9(18-5)10(13)14/h3,10H,2,4H2,1H3. The van der Waals surface area contributed by atoms with Gasteiger partial charge in [-0.2, -0.15) is 13.2 Å². The van der Waals surface area contributed by atoms with Gasteiger partial charge in [-0.05, 0) is 13.0 Å². The van der Waals surface area contributed by atoms with E-state index in [2.05, 4.69) is 9.72 Å². The SMILES string of the molecule is CCOC(=O)Cc1cc(Cl)c(C(F)(F)F)c(C(F)F)n1. The lowest BCUT2D eigenvalue weighted by Crippen LogP contribution is -2.15. The lowest BCUT2D eigenvalue weighted by molar-refractivity contribution is -0.142. The molecule has 1 rings (SSSR count). The van der Waals surface area contributed by atoms with Crippen LogP contribution in [0.2, 0.25) is 5.02 Å². The minimum Gasteiger partial charge on any atom is -0.466 e. The van der Waals surface area contributed by atoms with E-state index in [1.165, 1.54) is 6.92 Å². The predicted molar refractivity (Wildman–Crippen MR) is 59.5 cm³/mol. The molecule has 20 heavy (non-hydrogen) atoms. The van der Waals surface area contributed by atoms with Crippen LogP contribution in [0.5, 0.6) is 0 Å². The van der Waals surface area contributed by atoms with Crippen molar-refractivity contribution in [2.75, 3.05) is 6.61 Å². The first-order valence-corrected chi connectivity index (χ1v) is 5.74. The number of ether oxygens (including phenoxy) is 1. The second-order valence-electron chi connectivity index (χ2n) is 3.64. The van der Waals surface area contributed by atoms with Crippen LogP contribution < -0.4 is 0 Å². The molecule has 1 aromatic heterocycles. The number of hydrogen-bond acceptors (Lipinski definition) is 3. The summed E-state index contributed by atoms with van der Waals surface area (Å²) in [7, 11) is 0. The normalized spacial score (nSPS) is 11.8. The number of nitrogens with zero attached hydrogens (tertiary/aromatic N) is 1. The van der Waals surface area contributed by atoms with Crippen LogP contribution in [0.25, 0.3) is 0 Å². The van der Waals surface area contributed by atoms with Gasteiger partial charge in [0.1, 0.15) is 11.3 Å². The minimum absolute atomic E-state index is 0.0505. The van der Waals surface area contributed by atoms with Gasteiger partial charge in [0, 0.05) is 0 Å². The molecular weight excluding hydrogens is 309 g/mol. The van der Waals surface area contributed by atoms with E-state index in [9.17, 15) is 26.7 Å². The van der Waals surface area contributed by atoms with E-state index in [4.69, 9.17) is 11.6 Å². The molecule has 0 aliphatic rings. The number of carbonyl (C=O) groups is 1. The number of aromatic nitrogens is 1. The van der Waals surface area contributed by atoms with Crippen molar-refractivity contribution in [1.82, 2.24) is 4.98 Å². The predicted octanol–water partition coefficient (Wildman–Crippen LogP) is 3.80. The van der Waals surface area contributed by atoms with Gasteiger partial charge in [0.2, 0.25) is 0 Å². The molecule has 0 bridgehead atoms. The molecule has 3 nitrogen and oxygen atoms in total. The quantitative estimate of drug-likeness (QED) is 0.626. The Hall–Kier alpha value is -1.44. The second-order valence-corrected chi connectivity index (χ2v) is 4.04. The van der Waals surface area contributed by atoms with Crippen LogP contribution >= 0.6 is 11.6 Å². The number of halogens is 6. The first kappa shape index (κ1) is 16.6. The fourth-order valence-corrected chi connectivity index (χ4v) is 1.80. The number of esters is 1. The summed E-state index contributed by atoms with van der Waals surface area (Å²) in [4.78, 5) is 14.3. The minimum atomic E-state index is -5.06. The van der Waals surface area contributed by atoms with E-state index in [1.54, 1.807) is 0 Å². The van der Waals surface area contributed by atoms with Crippen LogP contribution in [0.3, 0.4) is 0 Å². The zero-order valence-electron chi connectivity index (χ0n) is 10.1. The summed E-state index contributed by atoms with van der Waals surface area (Å²) in [5.41, 5.74) is -3.50. The molecule has 0 aliphatic carbocycles. The van der Waals surface area contributed by atoms with Crippen molar-refractivity contribution in [3.05, 3.63) is 28.0 Å². The number of carbonyl (C=O) groups excluding carboxylic acids is 1. The number of hydrogen-bond donors (Lipinski definition) is 0. The van der Waals surface area contributed by atoms with E-state index in [0.717, 1.165) is 6.07 Å². The van der Waals surface area contributed by atoms with E-state index in [-0.39, 0.29) is 12.3 Å². The Balaban J connectivity index is 3.24. The summed E-state index contributed by atoms with van der Waals surface area (Å²) < 4.78 is 67.8. The highest BCUT2D eigenvalue weighted by Crippen LogP contribution is 2.40. The maximum Gasteiger partial charge on any atom is 0.419 e. The molecule has 0 atom stereocenters. The van der Waals surface area contributed by atoms with Gasteiger partial charge in [-0.3, -0.25) is 9.78 Å². The van der Waals surface area contributed by atoms with Crippen molar-refractivity contribution in [3.63, 3.8) is 0 Å². The lowest BCUT2D eigenvalue weighted by atomic mass is 10.1. The highest BCUT2D eigenvalue weighted by Gasteiger charge is 2.39. The molecule has 0 spiro atoms. The molecule has 9 heteroatoms. The van der Waals surface area contributed by atoms with Crippen LogP contribution in [0, 0.1) is 0 Å². The highest BCUT2D eigenvalue weighted by atomic mass is 35.5. The molecule has 0 aromatic carbocycles. The maximum absolute atomic E-state index is 12.7. The Morgan fingerprint density at radius 2 is 2.05 bits per heavy atom. The Morgan fingerprint density at radius 1 is 1.45 bits per heavy atom. The first-order valence-electron chi connectivity index (χ1n) is 5.37.